The fourth-order valence-corrected chi connectivity index (χ4v) is 5.82. The molecular weight excluding hydrogens is 386 g/mol. The molecule has 2 aliphatic rings. The predicted octanol–water partition coefficient (Wildman–Crippen LogP) is 8.12. The van der Waals surface area contributed by atoms with Crippen LogP contribution in [0.15, 0.2) is 95.5 Å². The maximum atomic E-state index is 6.19. The van der Waals surface area contributed by atoms with Crippen LogP contribution >= 0.6 is 11.3 Å². The summed E-state index contributed by atoms with van der Waals surface area (Å²) in [4.78, 5) is 4.77. The molecule has 0 bridgehead atoms. The first kappa shape index (κ1) is 16.1. The van der Waals surface area contributed by atoms with Crippen LogP contribution in [0.25, 0.3) is 64.5 Å². The van der Waals surface area contributed by atoms with Crippen LogP contribution in [-0.4, -0.2) is 4.98 Å². The van der Waals surface area contributed by atoms with E-state index in [1.807, 2.05) is 35.7 Å². The summed E-state index contributed by atoms with van der Waals surface area (Å²) in [5.74, 6) is 0.892. The molecule has 3 heteroatoms. The maximum Gasteiger partial charge on any atom is 0.136 e. The van der Waals surface area contributed by atoms with E-state index in [0.29, 0.717) is 0 Å². The van der Waals surface area contributed by atoms with Gasteiger partial charge in [0.05, 0.1) is 10.2 Å². The van der Waals surface area contributed by atoms with Crippen LogP contribution in [0.1, 0.15) is 0 Å². The number of fused-ring (bicyclic) bond motifs is 8. The van der Waals surface area contributed by atoms with Crippen LogP contribution in [0.2, 0.25) is 0 Å². The summed E-state index contributed by atoms with van der Waals surface area (Å²) in [5, 5.41) is 4.89. The minimum atomic E-state index is 0.892. The average Bonchev–Trinajstić information content (AvgIpc) is 3.44. The molecule has 0 radical (unpaired) electrons. The van der Waals surface area contributed by atoms with Gasteiger partial charge in [0.1, 0.15) is 11.3 Å². The van der Waals surface area contributed by atoms with Crippen molar-refractivity contribution in [2.45, 2.75) is 0 Å². The van der Waals surface area contributed by atoms with Crippen molar-refractivity contribution in [2.24, 2.45) is 0 Å². The Bertz CT molecular complexity index is 1670. The summed E-state index contributed by atoms with van der Waals surface area (Å²) < 4.78 is 8.64. The van der Waals surface area contributed by atoms with Crippen LogP contribution < -0.4 is 0 Å². The van der Waals surface area contributed by atoms with E-state index in [9.17, 15) is 0 Å². The van der Waals surface area contributed by atoms with Gasteiger partial charge in [-0.1, -0.05) is 60.7 Å². The van der Waals surface area contributed by atoms with Crippen LogP contribution in [0, 0.1) is 0 Å². The topological polar surface area (TPSA) is 26.0 Å². The van der Waals surface area contributed by atoms with Crippen molar-refractivity contribution in [3.8, 4) is 22.5 Å². The first-order chi connectivity index (χ1) is 14.9. The normalized spacial score (nSPS) is 12.0. The second-order valence-electron chi connectivity index (χ2n) is 7.61. The number of nitrogens with zero attached hydrogens (tertiary/aromatic N) is 1. The minimum absolute atomic E-state index is 0.892. The zero-order chi connectivity index (χ0) is 19.7. The molecule has 3 heterocycles. The Morgan fingerprint density at radius 2 is 1.47 bits per heavy atom. The summed E-state index contributed by atoms with van der Waals surface area (Å²) in [6, 6.07) is 29.8. The molecule has 0 N–H and O–H groups in total. The number of hydrogen-bond acceptors (Lipinski definition) is 3. The van der Waals surface area contributed by atoms with E-state index in [1.54, 1.807) is 0 Å². The Balaban J connectivity index is 1.59. The van der Waals surface area contributed by atoms with Crippen molar-refractivity contribution in [1.82, 2.24) is 4.98 Å². The van der Waals surface area contributed by atoms with E-state index in [0.717, 1.165) is 27.8 Å². The Kier molecular flexibility index (Phi) is 3.18. The number of pyridine rings is 1. The van der Waals surface area contributed by atoms with Gasteiger partial charge in [-0.25, -0.2) is 0 Å². The number of furan rings is 1. The Hall–Kier alpha value is -3.69. The summed E-state index contributed by atoms with van der Waals surface area (Å²) >= 11 is 1.81. The van der Waals surface area contributed by atoms with Crippen molar-refractivity contribution < 1.29 is 4.42 Å². The van der Waals surface area contributed by atoms with Gasteiger partial charge in [0.2, 0.25) is 0 Å². The Labute approximate surface area is 176 Å². The molecule has 0 unspecified atom stereocenters. The smallest absolute Gasteiger partial charge is 0.136 e. The van der Waals surface area contributed by atoms with Gasteiger partial charge in [-0.05, 0) is 40.6 Å². The molecule has 2 aliphatic carbocycles. The van der Waals surface area contributed by atoms with E-state index in [4.69, 9.17) is 9.40 Å². The lowest BCUT2D eigenvalue weighted by Gasteiger charge is -1.98. The number of hydrogen-bond donors (Lipinski definition) is 0. The fourth-order valence-electron chi connectivity index (χ4n) is 4.53. The molecule has 5 aromatic rings. The zero-order valence-electron chi connectivity index (χ0n) is 15.9. The highest BCUT2D eigenvalue weighted by Crippen LogP contribution is 2.46. The number of benzene rings is 2. The molecule has 0 saturated heterocycles. The predicted molar refractivity (Wildman–Crippen MR) is 126 cm³/mol. The summed E-state index contributed by atoms with van der Waals surface area (Å²) in [6.45, 7) is 0. The third-order valence-electron chi connectivity index (χ3n) is 5.91. The third-order valence-corrected chi connectivity index (χ3v) is 7.17. The fraction of sp³-hybridized carbons (Fsp3) is 0. The lowest BCUT2D eigenvalue weighted by Crippen LogP contribution is -1.77. The van der Waals surface area contributed by atoms with Crippen molar-refractivity contribution in [2.75, 3.05) is 0 Å². The first-order valence-corrected chi connectivity index (χ1v) is 10.8. The average molecular weight is 401 g/mol. The first-order valence-electron chi connectivity index (χ1n) is 9.97. The van der Waals surface area contributed by atoms with Crippen molar-refractivity contribution >= 4 is 53.4 Å². The molecule has 0 aliphatic heterocycles. The molecule has 2 aromatic carbocycles. The zero-order valence-corrected chi connectivity index (χ0v) is 16.7. The molecule has 0 spiro atoms. The Morgan fingerprint density at radius 1 is 0.633 bits per heavy atom. The minimum Gasteiger partial charge on any atom is -0.456 e. The molecule has 0 fully saturated rings. The maximum absolute atomic E-state index is 6.19. The monoisotopic (exact) mass is 401 g/mol. The molecule has 2 nitrogen and oxygen atoms in total. The quantitative estimate of drug-likeness (QED) is 0.277. The molecular formula is C27H15NOS. The molecule has 7 rings (SSSR count). The van der Waals surface area contributed by atoms with Gasteiger partial charge in [0.25, 0.3) is 0 Å². The van der Waals surface area contributed by atoms with E-state index in [1.165, 1.54) is 36.7 Å². The highest BCUT2D eigenvalue weighted by atomic mass is 32.1. The second-order valence-corrected chi connectivity index (χ2v) is 8.63. The van der Waals surface area contributed by atoms with Gasteiger partial charge in [-0.2, -0.15) is 0 Å². The van der Waals surface area contributed by atoms with E-state index < -0.39 is 0 Å². The third kappa shape index (κ3) is 2.15. The van der Waals surface area contributed by atoms with Gasteiger partial charge >= 0.3 is 0 Å². The molecule has 0 atom stereocenters. The van der Waals surface area contributed by atoms with Crippen molar-refractivity contribution in [1.29, 1.82) is 0 Å². The lowest BCUT2D eigenvalue weighted by atomic mass is 10.1. The van der Waals surface area contributed by atoms with Gasteiger partial charge in [0.15, 0.2) is 0 Å². The number of rotatable bonds is 1. The van der Waals surface area contributed by atoms with E-state index in [-0.39, 0.29) is 0 Å². The molecule has 30 heavy (non-hydrogen) atoms. The van der Waals surface area contributed by atoms with Gasteiger partial charge in [-0.15, -0.1) is 11.3 Å². The highest BCUT2D eigenvalue weighted by Gasteiger charge is 2.18. The van der Waals surface area contributed by atoms with Crippen molar-refractivity contribution in [3.05, 3.63) is 91.1 Å². The van der Waals surface area contributed by atoms with Gasteiger partial charge in [0, 0.05) is 32.8 Å². The summed E-state index contributed by atoms with van der Waals surface area (Å²) in [7, 11) is 0. The standard InChI is InChI=1S/C27H15NOS/c1-3-8-18-16(6-1)14-22-19(18)9-5-10-21-25-27(30-26(21)22)20(12-13-28-25)24-15-17-7-2-4-11-23(17)29-24/h1-15H. The van der Waals surface area contributed by atoms with Crippen molar-refractivity contribution in [3.63, 3.8) is 0 Å². The lowest BCUT2D eigenvalue weighted by molar-refractivity contribution is 0.632. The van der Waals surface area contributed by atoms with Crippen LogP contribution in [-0.2, 0) is 0 Å². The number of thiophene rings is 1. The largest absolute Gasteiger partial charge is 0.456 e. The molecule has 0 amide bonds. The van der Waals surface area contributed by atoms with Crippen LogP contribution in [0.3, 0.4) is 0 Å². The second kappa shape index (κ2) is 5.91. The van der Waals surface area contributed by atoms with Crippen LogP contribution in [0.5, 0.6) is 0 Å². The molecule has 0 saturated carbocycles. The Morgan fingerprint density at radius 3 is 2.40 bits per heavy atom. The molecule has 140 valence electrons. The summed E-state index contributed by atoms with van der Waals surface area (Å²) in [6.07, 6.45) is 1.89. The summed E-state index contributed by atoms with van der Waals surface area (Å²) in [5.41, 5.74) is 5.63. The SMILES string of the molecule is c1ccc2oc(-c3ccnc4c3sc3c5cc6ccccc6c-5cccc34)cc2c1. The number of aromatic nitrogens is 1. The van der Waals surface area contributed by atoms with Gasteiger partial charge < -0.3 is 4.42 Å². The van der Waals surface area contributed by atoms with E-state index in [2.05, 4.69) is 66.7 Å². The van der Waals surface area contributed by atoms with Gasteiger partial charge in [-0.3, -0.25) is 4.98 Å². The molecule has 3 aromatic heterocycles. The highest BCUT2D eigenvalue weighted by molar-refractivity contribution is 7.26. The van der Waals surface area contributed by atoms with E-state index >= 15 is 0 Å². The van der Waals surface area contributed by atoms with Crippen LogP contribution in [0.4, 0.5) is 0 Å². The number of para-hydroxylation sites is 1.